The predicted molar refractivity (Wildman–Crippen MR) is 96.7 cm³/mol. The van der Waals surface area contributed by atoms with Crippen molar-refractivity contribution in [3.05, 3.63) is 47.2 Å². The monoisotopic (exact) mass is 384 g/mol. The van der Waals surface area contributed by atoms with E-state index >= 15 is 0 Å². The molecule has 0 radical (unpaired) electrons. The Bertz CT molecular complexity index is 1080. The van der Waals surface area contributed by atoms with Crippen LogP contribution in [0, 0.1) is 0 Å². The maximum atomic E-state index is 12.5. The number of carboxylic acid groups (broad SMARTS) is 2. The van der Waals surface area contributed by atoms with Crippen molar-refractivity contribution in [3.63, 3.8) is 0 Å². The Balaban J connectivity index is 1.57. The minimum absolute atomic E-state index is 0.0647. The van der Waals surface area contributed by atoms with Gasteiger partial charge in [0.25, 0.3) is 5.91 Å². The van der Waals surface area contributed by atoms with Gasteiger partial charge >= 0.3 is 12.1 Å². The summed E-state index contributed by atoms with van der Waals surface area (Å²) < 4.78 is 5.70. The molecule has 3 heterocycles. The maximum absolute atomic E-state index is 12.5. The number of amides is 1. The predicted octanol–water partition coefficient (Wildman–Crippen LogP) is 2.31. The average Bonchev–Trinajstić information content (AvgIpc) is 3.19. The minimum atomic E-state index is -1.43. The topological polar surface area (TPSA) is 138 Å². The molecule has 28 heavy (non-hydrogen) atoms. The third-order valence-corrected chi connectivity index (χ3v) is 4.55. The number of hydrogen-bond acceptors (Lipinski definition) is 6. The molecule has 0 spiro atoms. The standard InChI is InChI=1S/C18H16N4O6/c23-16(11-4-2-10(3-5-11)9-21-6-1-7-21)19-15-14-12(22(20-15)18(26)27)8-13(28-14)17(24)25/h2-5,8H,1,6-7,9H2,(H,24,25)(H,26,27)(H,19,20,23). The summed E-state index contributed by atoms with van der Waals surface area (Å²) in [5, 5.41) is 24.5. The van der Waals surface area contributed by atoms with Gasteiger partial charge in [0.2, 0.25) is 5.76 Å². The second-order valence-corrected chi connectivity index (χ2v) is 6.45. The molecule has 3 N–H and O–H groups in total. The van der Waals surface area contributed by atoms with E-state index in [4.69, 9.17) is 9.52 Å². The molecule has 0 aliphatic carbocycles. The van der Waals surface area contributed by atoms with Gasteiger partial charge in [0.05, 0.1) is 0 Å². The quantitative estimate of drug-likeness (QED) is 0.609. The van der Waals surface area contributed by atoms with E-state index in [-0.39, 0.29) is 16.9 Å². The maximum Gasteiger partial charge on any atom is 0.432 e. The lowest BCUT2D eigenvalue weighted by molar-refractivity contribution is 0.0665. The van der Waals surface area contributed by atoms with Gasteiger partial charge in [-0.2, -0.15) is 4.68 Å². The summed E-state index contributed by atoms with van der Waals surface area (Å²) in [4.78, 5) is 37.2. The number of aromatic nitrogens is 2. The molecule has 0 atom stereocenters. The Hall–Kier alpha value is -3.66. The molecule has 1 fully saturated rings. The number of carbonyl (C=O) groups excluding carboxylic acids is 1. The Morgan fingerprint density at radius 3 is 2.43 bits per heavy atom. The molecule has 10 nitrogen and oxygen atoms in total. The van der Waals surface area contributed by atoms with Crippen molar-refractivity contribution in [2.45, 2.75) is 13.0 Å². The van der Waals surface area contributed by atoms with Crippen molar-refractivity contribution in [2.24, 2.45) is 0 Å². The number of likely N-dealkylation sites (tertiary alicyclic amines) is 1. The zero-order chi connectivity index (χ0) is 19.8. The number of fused-ring (bicyclic) bond motifs is 1. The Morgan fingerprint density at radius 2 is 1.86 bits per heavy atom. The van der Waals surface area contributed by atoms with Gasteiger partial charge in [-0.05, 0) is 37.2 Å². The van der Waals surface area contributed by atoms with Crippen LogP contribution in [0.25, 0.3) is 11.1 Å². The minimum Gasteiger partial charge on any atom is -0.475 e. The zero-order valence-electron chi connectivity index (χ0n) is 14.6. The van der Waals surface area contributed by atoms with E-state index in [9.17, 15) is 19.5 Å². The van der Waals surface area contributed by atoms with E-state index in [1.54, 1.807) is 12.1 Å². The van der Waals surface area contributed by atoms with Gasteiger partial charge in [-0.25, -0.2) is 9.59 Å². The number of rotatable bonds is 5. The normalized spacial score (nSPS) is 14.0. The molecule has 1 aliphatic rings. The summed E-state index contributed by atoms with van der Waals surface area (Å²) in [6.07, 6.45) is -0.229. The molecule has 144 valence electrons. The summed E-state index contributed by atoms with van der Waals surface area (Å²) in [5.41, 5.74) is 1.26. The van der Waals surface area contributed by atoms with Crippen LogP contribution in [0.1, 0.15) is 32.9 Å². The fourth-order valence-electron chi connectivity index (χ4n) is 2.98. The molecule has 10 heteroatoms. The molecule has 0 bridgehead atoms. The van der Waals surface area contributed by atoms with Crippen LogP contribution in [0.3, 0.4) is 0 Å². The van der Waals surface area contributed by atoms with Crippen LogP contribution in [0.2, 0.25) is 0 Å². The average molecular weight is 384 g/mol. The number of benzene rings is 1. The lowest BCUT2D eigenvalue weighted by Crippen LogP contribution is -2.36. The van der Waals surface area contributed by atoms with E-state index in [0.717, 1.165) is 31.3 Å². The number of furan rings is 1. The van der Waals surface area contributed by atoms with E-state index in [1.807, 2.05) is 12.1 Å². The molecule has 4 rings (SSSR count). The highest BCUT2D eigenvalue weighted by Gasteiger charge is 2.24. The number of carbonyl (C=O) groups is 3. The summed E-state index contributed by atoms with van der Waals surface area (Å²) in [6, 6.07) is 8.09. The number of hydrogen-bond donors (Lipinski definition) is 3. The van der Waals surface area contributed by atoms with Gasteiger partial charge in [-0.15, -0.1) is 5.10 Å². The number of carboxylic acids is 1. The Kier molecular flexibility index (Phi) is 4.32. The van der Waals surface area contributed by atoms with Crippen LogP contribution in [0.5, 0.6) is 0 Å². The number of nitrogens with one attached hydrogen (secondary N) is 1. The van der Waals surface area contributed by atoms with E-state index in [2.05, 4.69) is 15.3 Å². The molecule has 1 amide bonds. The largest absolute Gasteiger partial charge is 0.475 e. The highest BCUT2D eigenvalue weighted by molar-refractivity contribution is 6.08. The van der Waals surface area contributed by atoms with Crippen molar-refractivity contribution in [1.29, 1.82) is 0 Å². The molecule has 0 unspecified atom stereocenters. The van der Waals surface area contributed by atoms with Gasteiger partial charge in [0, 0.05) is 18.2 Å². The third-order valence-electron chi connectivity index (χ3n) is 4.55. The van der Waals surface area contributed by atoms with Gasteiger partial charge in [0.15, 0.2) is 11.4 Å². The Labute approximate surface area is 158 Å². The third kappa shape index (κ3) is 3.21. The number of aromatic carboxylic acids is 1. The van der Waals surface area contributed by atoms with Crippen molar-refractivity contribution >= 4 is 34.9 Å². The van der Waals surface area contributed by atoms with E-state index in [0.29, 0.717) is 10.2 Å². The lowest BCUT2D eigenvalue weighted by Gasteiger charge is -2.30. The number of nitrogens with zero attached hydrogens (tertiary/aromatic N) is 3. The zero-order valence-corrected chi connectivity index (χ0v) is 14.6. The van der Waals surface area contributed by atoms with Crippen molar-refractivity contribution < 1.29 is 29.0 Å². The molecule has 3 aromatic rings. The summed E-state index contributed by atoms with van der Waals surface area (Å²) >= 11 is 0. The summed E-state index contributed by atoms with van der Waals surface area (Å²) in [5.74, 6) is -2.49. The summed E-state index contributed by atoms with van der Waals surface area (Å²) in [7, 11) is 0. The molecule has 1 aromatic carbocycles. The van der Waals surface area contributed by atoms with Crippen LogP contribution < -0.4 is 5.32 Å². The van der Waals surface area contributed by atoms with Crippen molar-refractivity contribution in [1.82, 2.24) is 14.7 Å². The van der Waals surface area contributed by atoms with Gasteiger partial charge in [-0.1, -0.05) is 12.1 Å². The molecular formula is C18H16N4O6. The molecular weight excluding hydrogens is 368 g/mol. The summed E-state index contributed by atoms with van der Waals surface area (Å²) in [6.45, 7) is 2.98. The fourth-order valence-corrected chi connectivity index (χ4v) is 2.98. The lowest BCUT2D eigenvalue weighted by atomic mass is 10.1. The van der Waals surface area contributed by atoms with Crippen LogP contribution >= 0.6 is 0 Å². The van der Waals surface area contributed by atoms with Gasteiger partial charge in [0.1, 0.15) is 5.52 Å². The first-order chi connectivity index (χ1) is 13.4. The van der Waals surface area contributed by atoms with Gasteiger partial charge < -0.3 is 19.9 Å². The van der Waals surface area contributed by atoms with Gasteiger partial charge in [-0.3, -0.25) is 9.69 Å². The van der Waals surface area contributed by atoms with Crippen LogP contribution in [0.15, 0.2) is 34.7 Å². The van der Waals surface area contributed by atoms with Crippen molar-refractivity contribution in [3.8, 4) is 0 Å². The molecule has 1 aliphatic heterocycles. The molecule has 1 saturated heterocycles. The molecule has 0 saturated carbocycles. The van der Waals surface area contributed by atoms with Crippen molar-refractivity contribution in [2.75, 3.05) is 18.4 Å². The first-order valence-electron chi connectivity index (χ1n) is 8.54. The van der Waals surface area contributed by atoms with Crippen LogP contribution in [-0.4, -0.2) is 56.0 Å². The Morgan fingerprint density at radius 1 is 1.14 bits per heavy atom. The first kappa shape index (κ1) is 17.7. The fraction of sp³-hybridized carbons (Fsp3) is 0.222. The van der Waals surface area contributed by atoms with E-state index in [1.165, 1.54) is 6.42 Å². The second-order valence-electron chi connectivity index (χ2n) is 6.45. The highest BCUT2D eigenvalue weighted by Crippen LogP contribution is 2.27. The van der Waals surface area contributed by atoms with Crippen LogP contribution in [-0.2, 0) is 6.54 Å². The van der Waals surface area contributed by atoms with Crippen LogP contribution in [0.4, 0.5) is 10.6 Å². The van der Waals surface area contributed by atoms with E-state index < -0.39 is 23.7 Å². The molecule has 2 aromatic heterocycles. The highest BCUT2D eigenvalue weighted by atomic mass is 16.4. The number of anilines is 1. The first-order valence-corrected chi connectivity index (χ1v) is 8.54. The SMILES string of the molecule is O=C(Nc1nn(C(=O)O)c2cc(C(=O)O)oc12)c1ccc(CN2CCC2)cc1. The second kappa shape index (κ2) is 6.82. The smallest absolute Gasteiger partial charge is 0.432 e.